The van der Waals surface area contributed by atoms with Crippen LogP contribution < -0.4 is 4.74 Å². The van der Waals surface area contributed by atoms with E-state index < -0.39 is 5.82 Å². The lowest BCUT2D eigenvalue weighted by molar-refractivity contribution is -0.127. The van der Waals surface area contributed by atoms with Gasteiger partial charge in [-0.3, -0.25) is 4.79 Å². The molecule has 0 aliphatic carbocycles. The normalized spacial score (nSPS) is 11.0. The summed E-state index contributed by atoms with van der Waals surface area (Å²) in [5.74, 6) is 0.221. The summed E-state index contributed by atoms with van der Waals surface area (Å²) in [6.07, 6.45) is 0. The Labute approximate surface area is 179 Å². The van der Waals surface area contributed by atoms with Gasteiger partial charge in [-0.25, -0.2) is 4.39 Å². The van der Waals surface area contributed by atoms with Crippen molar-refractivity contribution in [3.05, 3.63) is 59.4 Å². The van der Waals surface area contributed by atoms with Gasteiger partial charge in [0.05, 0.1) is 18.6 Å². The van der Waals surface area contributed by atoms with E-state index in [1.54, 1.807) is 28.8 Å². The van der Waals surface area contributed by atoms with E-state index in [-0.39, 0.29) is 17.4 Å². The zero-order valence-corrected chi connectivity index (χ0v) is 18.2. The molecule has 158 valence electrons. The van der Waals surface area contributed by atoms with E-state index in [2.05, 4.69) is 29.4 Å². The molecule has 0 radical (unpaired) electrons. The van der Waals surface area contributed by atoms with Crippen LogP contribution in [0.2, 0.25) is 0 Å². The van der Waals surface area contributed by atoms with Crippen LogP contribution in [0, 0.1) is 5.82 Å². The maximum absolute atomic E-state index is 13.9. The second-order valence-corrected chi connectivity index (χ2v) is 8.07. The first-order chi connectivity index (χ1) is 14.4. The summed E-state index contributed by atoms with van der Waals surface area (Å²) in [4.78, 5) is 14.1. The Balaban J connectivity index is 1.61. The molecule has 0 fully saturated rings. The third kappa shape index (κ3) is 5.15. The van der Waals surface area contributed by atoms with E-state index in [0.717, 1.165) is 5.69 Å². The number of rotatable bonds is 8. The van der Waals surface area contributed by atoms with Gasteiger partial charge in [0.2, 0.25) is 11.1 Å². The summed E-state index contributed by atoms with van der Waals surface area (Å²) in [6, 6.07) is 12.7. The van der Waals surface area contributed by atoms with E-state index in [0.29, 0.717) is 23.2 Å². The molecule has 1 heterocycles. The molecule has 0 spiro atoms. The number of aromatic nitrogens is 4. The molecule has 3 aromatic rings. The average molecular weight is 430 g/mol. The maximum atomic E-state index is 13.9. The smallest absolute Gasteiger partial charge is 0.233 e. The van der Waals surface area contributed by atoms with Crippen molar-refractivity contribution in [2.45, 2.75) is 31.5 Å². The van der Waals surface area contributed by atoms with Crippen LogP contribution in [-0.4, -0.2) is 50.9 Å². The van der Waals surface area contributed by atoms with E-state index in [9.17, 15) is 9.18 Å². The van der Waals surface area contributed by atoms with Crippen LogP contribution in [0.15, 0.2) is 47.6 Å². The highest BCUT2D eigenvalue weighted by atomic mass is 32.2. The van der Waals surface area contributed by atoms with Gasteiger partial charge in [-0.05, 0) is 51.7 Å². The van der Waals surface area contributed by atoms with E-state index in [1.807, 2.05) is 24.3 Å². The molecule has 0 saturated heterocycles. The fourth-order valence-electron chi connectivity index (χ4n) is 2.84. The first-order valence-corrected chi connectivity index (χ1v) is 10.5. The summed E-state index contributed by atoms with van der Waals surface area (Å²) in [7, 11) is 3.09. The molecular formula is C21H24FN5O2S. The molecule has 7 nitrogen and oxygen atoms in total. The Morgan fingerprint density at radius 3 is 2.60 bits per heavy atom. The van der Waals surface area contributed by atoms with Gasteiger partial charge < -0.3 is 9.64 Å². The predicted octanol–water partition coefficient (Wildman–Crippen LogP) is 3.68. The quantitative estimate of drug-likeness (QED) is 0.509. The lowest BCUT2D eigenvalue weighted by Crippen LogP contribution is -2.28. The number of methoxy groups -OCH3 is 1. The zero-order valence-electron chi connectivity index (χ0n) is 17.4. The van der Waals surface area contributed by atoms with Gasteiger partial charge in [-0.1, -0.05) is 43.8 Å². The molecule has 30 heavy (non-hydrogen) atoms. The van der Waals surface area contributed by atoms with Crippen LogP contribution in [0.4, 0.5) is 4.39 Å². The van der Waals surface area contributed by atoms with Gasteiger partial charge in [0, 0.05) is 13.6 Å². The van der Waals surface area contributed by atoms with Gasteiger partial charge >= 0.3 is 0 Å². The molecule has 1 aromatic heterocycles. The zero-order chi connectivity index (χ0) is 21.7. The van der Waals surface area contributed by atoms with Crippen LogP contribution in [0.25, 0.3) is 5.69 Å². The molecule has 0 atom stereocenters. The third-order valence-electron chi connectivity index (χ3n) is 4.63. The molecule has 0 aliphatic rings. The summed E-state index contributed by atoms with van der Waals surface area (Å²) in [6.45, 7) is 4.56. The summed E-state index contributed by atoms with van der Waals surface area (Å²) in [5.41, 5.74) is 2.75. The number of hydrogen-bond donors (Lipinski definition) is 0. The van der Waals surface area contributed by atoms with Crippen molar-refractivity contribution in [1.82, 2.24) is 25.1 Å². The molecule has 2 aromatic carbocycles. The molecular weight excluding hydrogens is 405 g/mol. The number of halogens is 1. The number of hydrogen-bond acceptors (Lipinski definition) is 6. The monoisotopic (exact) mass is 429 g/mol. The van der Waals surface area contributed by atoms with Crippen molar-refractivity contribution in [2.75, 3.05) is 19.9 Å². The Hall–Kier alpha value is -2.94. The summed E-state index contributed by atoms with van der Waals surface area (Å²) < 4.78 is 20.4. The number of nitrogens with zero attached hydrogens (tertiary/aromatic N) is 5. The van der Waals surface area contributed by atoms with Crippen molar-refractivity contribution in [3.8, 4) is 11.4 Å². The number of carbonyl (C=O) groups excluding carboxylic acids is 1. The van der Waals surface area contributed by atoms with Crippen LogP contribution in [-0.2, 0) is 11.3 Å². The first kappa shape index (κ1) is 21.8. The largest absolute Gasteiger partial charge is 0.494 e. The third-order valence-corrected chi connectivity index (χ3v) is 5.54. The van der Waals surface area contributed by atoms with Gasteiger partial charge in [0.1, 0.15) is 0 Å². The maximum Gasteiger partial charge on any atom is 0.233 e. The van der Waals surface area contributed by atoms with E-state index >= 15 is 0 Å². The molecule has 0 saturated carbocycles. The topological polar surface area (TPSA) is 73.1 Å². The lowest BCUT2D eigenvalue weighted by Gasteiger charge is -2.17. The number of benzene rings is 2. The minimum absolute atomic E-state index is 0.110. The van der Waals surface area contributed by atoms with Crippen molar-refractivity contribution in [1.29, 1.82) is 0 Å². The Morgan fingerprint density at radius 1 is 1.23 bits per heavy atom. The molecule has 0 N–H and O–H groups in total. The molecule has 0 bridgehead atoms. The lowest BCUT2D eigenvalue weighted by atomic mass is 10.0. The average Bonchev–Trinajstić information content (AvgIpc) is 3.20. The second kappa shape index (κ2) is 9.71. The highest BCUT2D eigenvalue weighted by molar-refractivity contribution is 7.99. The van der Waals surface area contributed by atoms with Crippen LogP contribution >= 0.6 is 11.8 Å². The molecule has 3 rings (SSSR count). The van der Waals surface area contributed by atoms with Crippen molar-refractivity contribution in [3.63, 3.8) is 0 Å². The van der Waals surface area contributed by atoms with Crippen molar-refractivity contribution < 1.29 is 13.9 Å². The second-order valence-electron chi connectivity index (χ2n) is 7.13. The molecule has 9 heteroatoms. The fourth-order valence-corrected chi connectivity index (χ4v) is 3.67. The van der Waals surface area contributed by atoms with Crippen LogP contribution in [0.1, 0.15) is 30.9 Å². The Kier molecular flexibility index (Phi) is 7.04. The number of carbonyl (C=O) groups is 1. The Bertz CT molecular complexity index is 1010. The Morgan fingerprint density at radius 2 is 1.97 bits per heavy atom. The number of ether oxygens (including phenoxy) is 1. The standard InChI is InChI=1S/C21H24FN5O2S/c1-14(2)16-6-8-17(9-7-16)27-21(23-24-25-27)30-13-20(28)26(3)12-15-5-10-19(29-4)18(22)11-15/h5-11,14H,12-13H2,1-4H3. The number of tetrazole rings is 1. The van der Waals surface area contributed by atoms with Gasteiger partial charge in [0.15, 0.2) is 11.6 Å². The number of thioether (sulfide) groups is 1. The minimum atomic E-state index is -0.451. The summed E-state index contributed by atoms with van der Waals surface area (Å²) in [5, 5.41) is 12.3. The SMILES string of the molecule is COc1ccc(CN(C)C(=O)CSc2nnnn2-c2ccc(C(C)C)cc2)cc1F. The highest BCUT2D eigenvalue weighted by Crippen LogP contribution is 2.22. The van der Waals surface area contributed by atoms with Gasteiger partial charge in [-0.2, -0.15) is 4.68 Å². The summed E-state index contributed by atoms with van der Waals surface area (Å²) >= 11 is 1.26. The highest BCUT2D eigenvalue weighted by Gasteiger charge is 2.15. The van der Waals surface area contributed by atoms with E-state index in [1.165, 1.54) is 30.5 Å². The van der Waals surface area contributed by atoms with Crippen molar-refractivity contribution in [2.24, 2.45) is 0 Å². The molecule has 0 aliphatic heterocycles. The minimum Gasteiger partial charge on any atom is -0.494 e. The number of amides is 1. The molecule has 1 amide bonds. The van der Waals surface area contributed by atoms with Gasteiger partial charge in [-0.15, -0.1) is 5.10 Å². The van der Waals surface area contributed by atoms with Crippen molar-refractivity contribution >= 4 is 17.7 Å². The van der Waals surface area contributed by atoms with Gasteiger partial charge in [0.25, 0.3) is 0 Å². The first-order valence-electron chi connectivity index (χ1n) is 9.47. The van der Waals surface area contributed by atoms with Crippen LogP contribution in [0.3, 0.4) is 0 Å². The fraction of sp³-hybridized carbons (Fsp3) is 0.333. The van der Waals surface area contributed by atoms with Crippen LogP contribution in [0.5, 0.6) is 5.75 Å². The predicted molar refractivity (Wildman–Crippen MR) is 113 cm³/mol. The molecule has 0 unspecified atom stereocenters. The van der Waals surface area contributed by atoms with E-state index in [4.69, 9.17) is 4.74 Å².